The monoisotopic (exact) mass is 314 g/mol. The first-order valence-electron chi connectivity index (χ1n) is 6.91. The molecule has 118 valence electrons. The maximum absolute atomic E-state index is 11.6. The average Bonchev–Trinajstić information content (AvgIpc) is 2.84. The highest BCUT2D eigenvalue weighted by Gasteiger charge is 2.23. The zero-order valence-electron chi connectivity index (χ0n) is 12.8. The Balaban J connectivity index is 2.37. The minimum absolute atomic E-state index is 0.178. The lowest BCUT2D eigenvalue weighted by Crippen LogP contribution is -2.44. The maximum atomic E-state index is 11.6. The third-order valence-electron chi connectivity index (χ3n) is 2.86. The lowest BCUT2D eigenvalue weighted by Gasteiger charge is -2.17. The standard InChI is InChI=1S/C14H22N2O4S/c1-8(2)11(13(17)18)16-14(19)20-6-5-10-7-21-12(15-10)9(3)4/h7-9,11H,5-6H2,1-4H3,(H,16,19)(H,17,18)/t11-/m0/s1. The molecule has 1 aromatic heterocycles. The van der Waals surface area contributed by atoms with E-state index in [2.05, 4.69) is 24.1 Å². The Bertz CT molecular complexity index is 485. The summed E-state index contributed by atoms with van der Waals surface area (Å²) in [6, 6.07) is -0.940. The van der Waals surface area contributed by atoms with E-state index in [1.807, 2.05) is 5.38 Å². The first-order valence-corrected chi connectivity index (χ1v) is 7.79. The van der Waals surface area contributed by atoms with Gasteiger partial charge in [0.25, 0.3) is 0 Å². The predicted molar refractivity (Wildman–Crippen MR) is 80.7 cm³/mol. The van der Waals surface area contributed by atoms with Crippen LogP contribution in [-0.2, 0) is 16.0 Å². The van der Waals surface area contributed by atoms with Crippen LogP contribution in [0.15, 0.2) is 5.38 Å². The van der Waals surface area contributed by atoms with Gasteiger partial charge < -0.3 is 15.2 Å². The van der Waals surface area contributed by atoms with Crippen LogP contribution < -0.4 is 5.32 Å². The second-order valence-electron chi connectivity index (χ2n) is 5.42. The highest BCUT2D eigenvalue weighted by molar-refractivity contribution is 7.09. The number of carbonyl (C=O) groups is 2. The summed E-state index contributed by atoms with van der Waals surface area (Å²) in [6.07, 6.45) is -0.189. The van der Waals surface area contributed by atoms with Crippen molar-refractivity contribution in [3.8, 4) is 0 Å². The third kappa shape index (κ3) is 5.71. The number of carboxylic acid groups (broad SMARTS) is 1. The van der Waals surface area contributed by atoms with Crippen molar-refractivity contribution in [3.05, 3.63) is 16.1 Å². The number of thiazole rings is 1. The molecule has 21 heavy (non-hydrogen) atoms. The van der Waals surface area contributed by atoms with Crippen LogP contribution in [0.1, 0.15) is 44.3 Å². The second kappa shape index (κ2) is 7.97. The first kappa shape index (κ1) is 17.4. The number of carbonyl (C=O) groups excluding carboxylic acids is 1. The largest absolute Gasteiger partial charge is 0.480 e. The minimum Gasteiger partial charge on any atom is -0.480 e. The first-order chi connectivity index (χ1) is 9.81. The molecule has 0 radical (unpaired) electrons. The fourth-order valence-corrected chi connectivity index (χ4v) is 2.50. The molecule has 1 aromatic rings. The number of amides is 1. The van der Waals surface area contributed by atoms with Gasteiger partial charge in [0, 0.05) is 17.7 Å². The van der Waals surface area contributed by atoms with Crippen LogP contribution in [0.2, 0.25) is 0 Å². The lowest BCUT2D eigenvalue weighted by molar-refractivity contribution is -0.140. The van der Waals surface area contributed by atoms with Crippen LogP contribution >= 0.6 is 11.3 Å². The highest BCUT2D eigenvalue weighted by atomic mass is 32.1. The highest BCUT2D eigenvalue weighted by Crippen LogP contribution is 2.19. The number of nitrogens with zero attached hydrogens (tertiary/aromatic N) is 1. The zero-order valence-corrected chi connectivity index (χ0v) is 13.6. The molecular formula is C14H22N2O4S. The number of alkyl carbamates (subject to hydrolysis) is 1. The van der Waals surface area contributed by atoms with Gasteiger partial charge in [0.05, 0.1) is 17.3 Å². The summed E-state index contributed by atoms with van der Waals surface area (Å²) in [6.45, 7) is 7.77. The van der Waals surface area contributed by atoms with Gasteiger partial charge in [-0.3, -0.25) is 0 Å². The molecule has 6 nitrogen and oxygen atoms in total. The molecular weight excluding hydrogens is 292 g/mol. The molecule has 0 bridgehead atoms. The van der Waals surface area contributed by atoms with Crippen LogP contribution in [0.3, 0.4) is 0 Å². The van der Waals surface area contributed by atoms with Gasteiger partial charge in [-0.1, -0.05) is 27.7 Å². The molecule has 0 fully saturated rings. The Morgan fingerprint density at radius 3 is 2.52 bits per heavy atom. The number of nitrogens with one attached hydrogen (secondary N) is 1. The van der Waals surface area contributed by atoms with Crippen molar-refractivity contribution in [2.75, 3.05) is 6.61 Å². The van der Waals surface area contributed by atoms with Crippen molar-refractivity contribution in [2.45, 2.75) is 46.1 Å². The van der Waals surface area contributed by atoms with Crippen molar-refractivity contribution in [3.63, 3.8) is 0 Å². The smallest absolute Gasteiger partial charge is 0.407 e. The number of aliphatic carboxylic acids is 1. The molecule has 0 saturated carbocycles. The Hall–Kier alpha value is -1.63. The molecule has 0 aromatic carbocycles. The van der Waals surface area contributed by atoms with E-state index in [-0.39, 0.29) is 12.5 Å². The molecule has 0 unspecified atom stereocenters. The SMILES string of the molecule is CC(C)c1nc(CCOC(=O)N[C@H](C(=O)O)C(C)C)cs1. The molecule has 0 aliphatic heterocycles. The van der Waals surface area contributed by atoms with Gasteiger partial charge in [-0.2, -0.15) is 0 Å². The van der Waals surface area contributed by atoms with E-state index in [0.29, 0.717) is 12.3 Å². The van der Waals surface area contributed by atoms with Crippen molar-refractivity contribution in [2.24, 2.45) is 5.92 Å². The predicted octanol–water partition coefficient (Wildman–Crippen LogP) is 2.64. The van der Waals surface area contributed by atoms with Crippen LogP contribution in [0, 0.1) is 5.92 Å². The molecule has 0 spiro atoms. The van der Waals surface area contributed by atoms with Crippen molar-refractivity contribution in [1.29, 1.82) is 0 Å². The van der Waals surface area contributed by atoms with Crippen LogP contribution in [-0.4, -0.2) is 34.8 Å². The molecule has 0 aliphatic rings. The van der Waals surface area contributed by atoms with Crippen LogP contribution in [0.4, 0.5) is 4.79 Å². The van der Waals surface area contributed by atoms with E-state index in [4.69, 9.17) is 9.84 Å². The number of aromatic nitrogens is 1. The molecule has 1 atom stereocenters. The van der Waals surface area contributed by atoms with Gasteiger partial charge in [0.15, 0.2) is 0 Å². The van der Waals surface area contributed by atoms with Gasteiger partial charge in [-0.05, 0) is 5.92 Å². The topological polar surface area (TPSA) is 88.5 Å². The summed E-state index contributed by atoms with van der Waals surface area (Å²) in [5, 5.41) is 14.3. The Labute approximate surface area is 128 Å². The van der Waals surface area contributed by atoms with Crippen molar-refractivity contribution in [1.82, 2.24) is 10.3 Å². The number of rotatable bonds is 7. The molecule has 0 aliphatic carbocycles. The quantitative estimate of drug-likeness (QED) is 0.807. The average molecular weight is 314 g/mol. The molecule has 1 rings (SSSR count). The van der Waals surface area contributed by atoms with Gasteiger partial charge >= 0.3 is 12.1 Å². The fraction of sp³-hybridized carbons (Fsp3) is 0.643. The molecule has 0 saturated heterocycles. The Morgan fingerprint density at radius 1 is 1.38 bits per heavy atom. The van der Waals surface area contributed by atoms with Gasteiger partial charge in [0.1, 0.15) is 6.04 Å². The van der Waals surface area contributed by atoms with Crippen LogP contribution in [0.25, 0.3) is 0 Å². The van der Waals surface area contributed by atoms with E-state index >= 15 is 0 Å². The summed E-state index contributed by atoms with van der Waals surface area (Å²) in [7, 11) is 0. The molecule has 7 heteroatoms. The number of hydrogen-bond acceptors (Lipinski definition) is 5. The Kier molecular flexibility index (Phi) is 6.61. The summed E-state index contributed by atoms with van der Waals surface area (Å²) in [5.41, 5.74) is 0.884. The number of carboxylic acids is 1. The number of hydrogen-bond donors (Lipinski definition) is 2. The third-order valence-corrected chi connectivity index (χ3v) is 4.05. The zero-order chi connectivity index (χ0) is 16.0. The van der Waals surface area contributed by atoms with E-state index in [1.165, 1.54) is 0 Å². The van der Waals surface area contributed by atoms with Gasteiger partial charge in [0.2, 0.25) is 0 Å². The summed E-state index contributed by atoms with van der Waals surface area (Å²) in [5.74, 6) is -0.888. The summed E-state index contributed by atoms with van der Waals surface area (Å²) < 4.78 is 5.00. The summed E-state index contributed by atoms with van der Waals surface area (Å²) in [4.78, 5) is 26.9. The van der Waals surface area contributed by atoms with E-state index in [0.717, 1.165) is 10.7 Å². The van der Waals surface area contributed by atoms with Gasteiger partial charge in [-0.25, -0.2) is 14.6 Å². The maximum Gasteiger partial charge on any atom is 0.407 e. The molecule has 1 heterocycles. The normalized spacial score (nSPS) is 12.5. The number of ether oxygens (including phenoxy) is 1. The van der Waals surface area contributed by atoms with E-state index < -0.39 is 18.1 Å². The lowest BCUT2D eigenvalue weighted by atomic mass is 10.1. The van der Waals surface area contributed by atoms with Crippen molar-refractivity contribution < 1.29 is 19.4 Å². The van der Waals surface area contributed by atoms with Crippen LogP contribution in [0.5, 0.6) is 0 Å². The second-order valence-corrected chi connectivity index (χ2v) is 6.31. The fourth-order valence-electron chi connectivity index (χ4n) is 1.63. The van der Waals surface area contributed by atoms with E-state index in [1.54, 1.807) is 25.2 Å². The molecule has 1 amide bonds. The van der Waals surface area contributed by atoms with Gasteiger partial charge in [-0.15, -0.1) is 11.3 Å². The molecule has 2 N–H and O–H groups in total. The summed E-state index contributed by atoms with van der Waals surface area (Å²) >= 11 is 1.59. The minimum atomic E-state index is -1.07. The van der Waals surface area contributed by atoms with E-state index in [9.17, 15) is 9.59 Å². The van der Waals surface area contributed by atoms with Crippen molar-refractivity contribution >= 4 is 23.4 Å². The Morgan fingerprint density at radius 2 is 2.05 bits per heavy atom.